The smallest absolute Gasteiger partial charge is 0.227 e. The van der Waals surface area contributed by atoms with Crippen LogP contribution in [-0.2, 0) is 24.0 Å². The van der Waals surface area contributed by atoms with Crippen molar-refractivity contribution < 1.29 is 14.0 Å². The Kier molecular flexibility index (Phi) is 5.46. The summed E-state index contributed by atoms with van der Waals surface area (Å²) >= 11 is -1.10. The molecule has 0 amide bonds. The number of rotatable bonds is 6. The highest BCUT2D eigenvalue weighted by Gasteiger charge is 2.45. The van der Waals surface area contributed by atoms with Crippen LogP contribution >= 0.6 is 0 Å². The quantitative estimate of drug-likeness (QED) is 0.463. The number of nitrogens with zero attached hydrogens (tertiary/aromatic N) is 3. The fourth-order valence-electron chi connectivity index (χ4n) is 5.49. The maximum absolute atomic E-state index is 14.0. The van der Waals surface area contributed by atoms with E-state index in [9.17, 15) is 14.0 Å². The Hall–Kier alpha value is -2.36. The molecule has 1 saturated carbocycles. The van der Waals surface area contributed by atoms with Crippen molar-refractivity contribution in [3.05, 3.63) is 41.0 Å². The van der Waals surface area contributed by atoms with Crippen LogP contribution in [-0.4, -0.2) is 55.6 Å². The number of H-pyrrole nitrogens is 1. The third-order valence-corrected chi connectivity index (χ3v) is 9.10. The largest absolute Gasteiger partial charge is 0.611 e. The number of aliphatic hydroxyl groups is 1. The molecule has 0 spiro atoms. The second kappa shape index (κ2) is 8.39. The second-order valence-electron chi connectivity index (χ2n) is 9.83. The van der Waals surface area contributed by atoms with Gasteiger partial charge in [0.15, 0.2) is 5.82 Å². The Labute approximate surface area is 201 Å². The van der Waals surface area contributed by atoms with Gasteiger partial charge in [-0.15, -0.1) is 0 Å². The summed E-state index contributed by atoms with van der Waals surface area (Å²) in [6, 6.07) is 5.00. The van der Waals surface area contributed by atoms with Crippen LogP contribution in [0.3, 0.4) is 0 Å². The van der Waals surface area contributed by atoms with Gasteiger partial charge in [0.05, 0.1) is 12.1 Å². The van der Waals surface area contributed by atoms with Crippen LogP contribution in [0, 0.1) is 5.82 Å². The minimum absolute atomic E-state index is 0.0458. The molecule has 1 unspecified atom stereocenters. The van der Waals surface area contributed by atoms with Gasteiger partial charge in [-0.2, -0.15) is 4.98 Å². The van der Waals surface area contributed by atoms with Crippen molar-refractivity contribution >= 4 is 33.8 Å². The van der Waals surface area contributed by atoms with E-state index in [1.807, 2.05) is 6.07 Å². The highest BCUT2D eigenvalue weighted by atomic mass is 32.2. The van der Waals surface area contributed by atoms with Crippen molar-refractivity contribution in [2.75, 3.05) is 35.7 Å². The fourth-order valence-corrected chi connectivity index (χ4v) is 6.79. The van der Waals surface area contributed by atoms with Gasteiger partial charge in [-0.05, 0) is 73.0 Å². The monoisotopic (exact) mass is 483 g/mol. The lowest BCUT2D eigenvalue weighted by Gasteiger charge is -2.33. The third-order valence-electron chi connectivity index (χ3n) is 7.64. The van der Waals surface area contributed by atoms with E-state index in [1.54, 1.807) is 6.07 Å². The van der Waals surface area contributed by atoms with Crippen molar-refractivity contribution in [3.8, 4) is 0 Å². The average Bonchev–Trinajstić information content (AvgIpc) is 3.38. The van der Waals surface area contributed by atoms with Gasteiger partial charge in [-0.25, -0.2) is 9.37 Å². The molecule has 0 bridgehead atoms. The summed E-state index contributed by atoms with van der Waals surface area (Å²) in [4.78, 5) is 16.0. The second-order valence-corrected chi connectivity index (χ2v) is 11.3. The van der Waals surface area contributed by atoms with E-state index >= 15 is 0 Å². The van der Waals surface area contributed by atoms with Crippen LogP contribution in [0.1, 0.15) is 55.5 Å². The number of aliphatic hydroxyl groups excluding tert-OH is 1. The SMILES string of the molecule is CCc1[nH]c2ccc(F)cc2c1C1CCN(c2nc3c(c(NC4(CO)CC4)n2)[S+]([O-])CC3)CC1. The first-order chi connectivity index (χ1) is 16.5. The Balaban J connectivity index is 1.26. The van der Waals surface area contributed by atoms with E-state index in [0.717, 1.165) is 61.8 Å². The number of fused-ring (bicyclic) bond motifs is 2. The molecule has 9 heteroatoms. The van der Waals surface area contributed by atoms with E-state index in [0.29, 0.717) is 34.8 Å². The summed E-state index contributed by atoms with van der Waals surface area (Å²) < 4.78 is 26.6. The Morgan fingerprint density at radius 1 is 1.29 bits per heavy atom. The molecule has 2 fully saturated rings. The maximum atomic E-state index is 14.0. The molecule has 1 saturated heterocycles. The van der Waals surface area contributed by atoms with Gasteiger partial charge in [0.25, 0.3) is 0 Å². The van der Waals surface area contributed by atoms with Crippen LogP contribution in [0.2, 0.25) is 0 Å². The van der Waals surface area contributed by atoms with Crippen molar-refractivity contribution in [1.29, 1.82) is 0 Å². The van der Waals surface area contributed by atoms with E-state index in [2.05, 4.69) is 22.1 Å². The predicted molar refractivity (Wildman–Crippen MR) is 132 cm³/mol. The first-order valence-electron chi connectivity index (χ1n) is 12.2. The average molecular weight is 484 g/mol. The molecule has 180 valence electrons. The van der Waals surface area contributed by atoms with Crippen LogP contribution in [0.15, 0.2) is 23.1 Å². The lowest BCUT2D eigenvalue weighted by Crippen LogP contribution is -2.35. The predicted octanol–water partition coefficient (Wildman–Crippen LogP) is 3.64. The van der Waals surface area contributed by atoms with E-state index in [1.165, 1.54) is 17.3 Å². The summed E-state index contributed by atoms with van der Waals surface area (Å²) in [5.41, 5.74) is 3.98. The molecular formula is C25H30FN5O2S. The minimum atomic E-state index is -1.10. The Morgan fingerprint density at radius 3 is 2.79 bits per heavy atom. The van der Waals surface area contributed by atoms with Gasteiger partial charge in [0, 0.05) is 36.1 Å². The molecule has 1 aliphatic carbocycles. The number of aryl methyl sites for hydroxylation is 2. The third kappa shape index (κ3) is 3.74. The van der Waals surface area contributed by atoms with E-state index in [-0.39, 0.29) is 18.0 Å². The highest BCUT2D eigenvalue weighted by molar-refractivity contribution is 7.91. The number of aromatic amines is 1. The number of anilines is 2. The lowest BCUT2D eigenvalue weighted by molar-refractivity contribution is 0.265. The standard InChI is InChI=1S/C25H30FN5O2S/c1-2-18-21(17-13-16(26)3-4-19(17)27-18)15-5-10-31(11-6-15)24-28-20-7-12-34(33)22(20)23(29-24)30-25(14-32)8-9-25/h3-4,13,15,27,32H,2,5-12,14H2,1H3,(H,28,29,30). The fraction of sp³-hybridized carbons (Fsp3) is 0.520. The molecular weight excluding hydrogens is 453 g/mol. The number of hydrogen-bond acceptors (Lipinski definition) is 6. The molecule has 34 heavy (non-hydrogen) atoms. The number of halogens is 1. The number of nitrogens with one attached hydrogen (secondary N) is 2. The Morgan fingerprint density at radius 2 is 2.09 bits per heavy atom. The maximum Gasteiger partial charge on any atom is 0.227 e. The molecule has 3 N–H and O–H groups in total. The molecule has 2 aromatic heterocycles. The van der Waals surface area contributed by atoms with E-state index < -0.39 is 11.2 Å². The molecule has 2 aliphatic heterocycles. The molecule has 3 aromatic rings. The highest BCUT2D eigenvalue weighted by Crippen LogP contribution is 2.42. The van der Waals surface area contributed by atoms with Crippen molar-refractivity contribution in [1.82, 2.24) is 15.0 Å². The summed E-state index contributed by atoms with van der Waals surface area (Å²) in [6.07, 6.45) is 5.23. The summed E-state index contributed by atoms with van der Waals surface area (Å²) in [6.45, 7) is 3.80. The normalized spacial score (nSPS) is 21.8. The van der Waals surface area contributed by atoms with Crippen LogP contribution in [0.5, 0.6) is 0 Å². The number of hydrogen-bond donors (Lipinski definition) is 3. The zero-order valence-electron chi connectivity index (χ0n) is 19.4. The van der Waals surface area contributed by atoms with E-state index in [4.69, 9.17) is 9.97 Å². The van der Waals surface area contributed by atoms with Gasteiger partial charge < -0.3 is 24.9 Å². The van der Waals surface area contributed by atoms with Gasteiger partial charge in [-0.3, -0.25) is 0 Å². The number of aromatic nitrogens is 3. The molecule has 1 atom stereocenters. The lowest BCUT2D eigenvalue weighted by atomic mass is 9.87. The molecule has 6 rings (SSSR count). The molecule has 0 radical (unpaired) electrons. The van der Waals surface area contributed by atoms with Crippen LogP contribution in [0.4, 0.5) is 16.2 Å². The summed E-state index contributed by atoms with van der Waals surface area (Å²) in [5.74, 6) is 2.03. The van der Waals surface area contributed by atoms with Crippen molar-refractivity contribution in [2.45, 2.75) is 61.8 Å². The summed E-state index contributed by atoms with van der Waals surface area (Å²) in [5, 5.41) is 14.2. The van der Waals surface area contributed by atoms with Crippen molar-refractivity contribution in [2.24, 2.45) is 0 Å². The summed E-state index contributed by atoms with van der Waals surface area (Å²) in [7, 11) is 0. The van der Waals surface area contributed by atoms with Gasteiger partial charge >= 0.3 is 0 Å². The number of benzene rings is 1. The topological polar surface area (TPSA) is 100 Å². The molecule has 3 aliphatic rings. The van der Waals surface area contributed by atoms with Gasteiger partial charge in [0.1, 0.15) is 17.3 Å². The van der Waals surface area contributed by atoms with Crippen LogP contribution < -0.4 is 10.2 Å². The molecule has 1 aromatic carbocycles. The zero-order valence-corrected chi connectivity index (χ0v) is 20.2. The number of piperidine rings is 1. The molecule has 7 nitrogen and oxygen atoms in total. The van der Waals surface area contributed by atoms with Gasteiger partial charge in [0.2, 0.25) is 10.8 Å². The first-order valence-corrected chi connectivity index (χ1v) is 13.6. The first kappa shape index (κ1) is 22.1. The van der Waals surface area contributed by atoms with Crippen molar-refractivity contribution in [3.63, 3.8) is 0 Å². The molecule has 4 heterocycles. The minimum Gasteiger partial charge on any atom is -0.611 e. The van der Waals surface area contributed by atoms with Crippen LogP contribution in [0.25, 0.3) is 10.9 Å². The van der Waals surface area contributed by atoms with Gasteiger partial charge in [-0.1, -0.05) is 6.92 Å². The zero-order chi connectivity index (χ0) is 23.4. The Bertz CT molecular complexity index is 1240.